The van der Waals surface area contributed by atoms with Gasteiger partial charge in [0.15, 0.2) is 0 Å². The smallest absolute Gasteiger partial charge is 0.278 e. The highest BCUT2D eigenvalue weighted by atomic mass is 16.6. The average Bonchev–Trinajstić information content (AvgIpc) is 2.45. The van der Waals surface area contributed by atoms with Crippen LogP contribution in [0.25, 0.3) is 10.8 Å². The molecule has 0 saturated carbocycles. The molecular weight excluding hydrogens is 272 g/mol. The number of carbonyl (C=O) groups excluding carboxylic acids is 1. The molecule has 0 saturated heterocycles. The number of carbonyl (C=O) groups is 1. The first-order chi connectivity index (χ1) is 9.91. The largest absolute Gasteiger partial charge is 0.365 e. The van der Waals surface area contributed by atoms with Gasteiger partial charge in [-0.1, -0.05) is 0 Å². The molecule has 0 aliphatic heterocycles. The predicted octanol–water partition coefficient (Wildman–Crippen LogP) is 1.67. The maximum atomic E-state index is 11.8. The van der Waals surface area contributed by atoms with E-state index in [1.807, 2.05) is 0 Å². The highest BCUT2D eigenvalue weighted by Crippen LogP contribution is 2.32. The minimum Gasteiger partial charge on any atom is -0.365 e. The van der Waals surface area contributed by atoms with Crippen molar-refractivity contribution in [3.63, 3.8) is 0 Å². The number of nitrogens with zero attached hydrogens (tertiary/aromatic N) is 4. The summed E-state index contributed by atoms with van der Waals surface area (Å²) in [5.41, 5.74) is 0.766. The Kier molecular flexibility index (Phi) is 4.02. The lowest BCUT2D eigenvalue weighted by molar-refractivity contribution is -0.383. The Morgan fingerprint density at radius 1 is 1.24 bits per heavy atom. The highest BCUT2D eigenvalue weighted by Gasteiger charge is 2.17. The summed E-state index contributed by atoms with van der Waals surface area (Å²) in [5.74, 6) is -0.0435. The second-order valence-electron chi connectivity index (χ2n) is 4.93. The molecule has 0 spiro atoms. The first-order valence-corrected chi connectivity index (χ1v) is 6.34. The van der Waals surface area contributed by atoms with E-state index in [-0.39, 0.29) is 18.1 Å². The van der Waals surface area contributed by atoms with Gasteiger partial charge in [0, 0.05) is 50.7 Å². The quantitative estimate of drug-likeness (QED) is 0.631. The number of rotatable bonds is 4. The van der Waals surface area contributed by atoms with Gasteiger partial charge in [-0.25, -0.2) is 0 Å². The van der Waals surface area contributed by atoms with Gasteiger partial charge in [-0.3, -0.25) is 19.9 Å². The summed E-state index contributed by atoms with van der Waals surface area (Å²) in [6, 6.07) is 4.81. The molecule has 110 valence electrons. The molecule has 0 atom stereocenters. The molecule has 0 fully saturated rings. The number of aromatic nitrogens is 1. The summed E-state index contributed by atoms with van der Waals surface area (Å²) in [6.45, 7) is 0.197. The number of non-ortho nitro benzene ring substituents is 1. The summed E-state index contributed by atoms with van der Waals surface area (Å²) >= 11 is 0. The zero-order chi connectivity index (χ0) is 15.6. The van der Waals surface area contributed by atoms with Crippen LogP contribution in [0, 0.1) is 10.1 Å². The van der Waals surface area contributed by atoms with Crippen molar-refractivity contribution in [3.05, 3.63) is 40.7 Å². The number of nitro benzene ring substituents is 1. The van der Waals surface area contributed by atoms with Crippen molar-refractivity contribution in [3.8, 4) is 0 Å². The molecule has 0 radical (unpaired) electrons. The van der Waals surface area contributed by atoms with Crippen LogP contribution in [0.3, 0.4) is 0 Å². The van der Waals surface area contributed by atoms with Crippen molar-refractivity contribution in [2.45, 2.75) is 0 Å². The zero-order valence-corrected chi connectivity index (χ0v) is 12.1. The number of amides is 1. The zero-order valence-electron chi connectivity index (χ0n) is 12.1. The van der Waals surface area contributed by atoms with Crippen molar-refractivity contribution >= 4 is 28.1 Å². The van der Waals surface area contributed by atoms with Gasteiger partial charge in [0.05, 0.1) is 16.9 Å². The Labute approximate surface area is 121 Å². The molecule has 0 aliphatic rings. The third-order valence-electron chi connectivity index (χ3n) is 3.25. The van der Waals surface area contributed by atoms with Crippen LogP contribution in [0.5, 0.6) is 0 Å². The summed E-state index contributed by atoms with van der Waals surface area (Å²) in [6.07, 6.45) is 3.05. The monoisotopic (exact) mass is 288 g/mol. The molecule has 2 rings (SSSR count). The maximum Gasteiger partial charge on any atom is 0.278 e. The first-order valence-electron chi connectivity index (χ1n) is 6.34. The molecule has 1 aromatic carbocycles. The van der Waals surface area contributed by atoms with Gasteiger partial charge in [0.1, 0.15) is 0 Å². The molecule has 0 unspecified atom stereocenters. The molecule has 0 N–H and O–H groups in total. The molecule has 1 heterocycles. The van der Waals surface area contributed by atoms with Crippen molar-refractivity contribution < 1.29 is 9.72 Å². The van der Waals surface area contributed by atoms with Gasteiger partial charge in [0.25, 0.3) is 5.69 Å². The average molecular weight is 288 g/mol. The minimum absolute atomic E-state index is 0.00851. The number of fused-ring (bicyclic) bond motifs is 1. The van der Waals surface area contributed by atoms with Crippen LogP contribution < -0.4 is 4.90 Å². The maximum absolute atomic E-state index is 11.8. The molecule has 0 aliphatic carbocycles. The molecular formula is C14H16N4O3. The van der Waals surface area contributed by atoms with E-state index in [2.05, 4.69) is 4.98 Å². The molecule has 1 amide bonds. The number of hydrogen-bond donors (Lipinski definition) is 0. The first kappa shape index (κ1) is 14.7. The number of likely N-dealkylation sites (N-methyl/N-ethyl adjacent to an activating group) is 2. The second-order valence-corrected chi connectivity index (χ2v) is 4.93. The van der Waals surface area contributed by atoms with Gasteiger partial charge in [-0.15, -0.1) is 0 Å². The molecule has 0 bridgehead atoms. The number of nitro groups is 1. The van der Waals surface area contributed by atoms with Crippen LogP contribution in [-0.4, -0.2) is 48.4 Å². The lowest BCUT2D eigenvalue weighted by Crippen LogP contribution is -2.34. The molecule has 21 heavy (non-hydrogen) atoms. The Hall–Kier alpha value is -2.70. The van der Waals surface area contributed by atoms with E-state index in [4.69, 9.17) is 0 Å². The van der Waals surface area contributed by atoms with Crippen LogP contribution >= 0.6 is 0 Å². The van der Waals surface area contributed by atoms with E-state index >= 15 is 0 Å². The predicted molar refractivity (Wildman–Crippen MR) is 80.4 cm³/mol. The van der Waals surface area contributed by atoms with Gasteiger partial charge in [0.2, 0.25) is 5.91 Å². The number of anilines is 1. The Bertz CT molecular complexity index is 700. The topological polar surface area (TPSA) is 79.6 Å². The summed E-state index contributed by atoms with van der Waals surface area (Å²) in [5, 5.41) is 12.2. The van der Waals surface area contributed by atoms with E-state index in [0.29, 0.717) is 10.8 Å². The van der Waals surface area contributed by atoms with E-state index in [1.165, 1.54) is 17.2 Å². The van der Waals surface area contributed by atoms with Crippen LogP contribution in [0.1, 0.15) is 0 Å². The second kappa shape index (κ2) is 5.74. The summed E-state index contributed by atoms with van der Waals surface area (Å²) in [7, 11) is 5.16. The molecule has 2 aromatic rings. The van der Waals surface area contributed by atoms with Crippen molar-refractivity contribution in [1.29, 1.82) is 0 Å². The van der Waals surface area contributed by atoms with Crippen molar-refractivity contribution in [2.24, 2.45) is 0 Å². The molecule has 7 heteroatoms. The van der Waals surface area contributed by atoms with Crippen LogP contribution in [0.4, 0.5) is 11.4 Å². The fraction of sp³-hybridized carbons (Fsp3) is 0.286. The summed E-state index contributed by atoms with van der Waals surface area (Å²) < 4.78 is 0. The molecule has 7 nitrogen and oxygen atoms in total. The number of hydrogen-bond acceptors (Lipinski definition) is 5. The number of benzene rings is 1. The highest BCUT2D eigenvalue weighted by molar-refractivity contribution is 6.00. The van der Waals surface area contributed by atoms with Crippen LogP contribution in [0.15, 0.2) is 30.6 Å². The van der Waals surface area contributed by atoms with E-state index < -0.39 is 4.92 Å². The fourth-order valence-electron chi connectivity index (χ4n) is 2.08. The molecule has 1 aromatic heterocycles. The SMILES string of the molecule is CN(C)C(=O)CN(C)c1ccc([N+](=O)[O-])c2cnccc12. The van der Waals surface area contributed by atoms with Gasteiger partial charge in [-0.2, -0.15) is 0 Å². The number of pyridine rings is 1. The van der Waals surface area contributed by atoms with Crippen molar-refractivity contribution in [1.82, 2.24) is 9.88 Å². The minimum atomic E-state index is -0.432. The van der Waals surface area contributed by atoms with Gasteiger partial charge in [-0.05, 0) is 12.1 Å². The summed E-state index contributed by atoms with van der Waals surface area (Å²) in [4.78, 5) is 29.7. The third kappa shape index (κ3) is 2.91. The standard InChI is InChI=1S/C14H16N4O3/c1-16(2)14(19)9-17(3)12-4-5-13(18(20)21)11-8-15-7-6-10(11)12/h4-8H,9H2,1-3H3. The van der Waals surface area contributed by atoms with E-state index in [0.717, 1.165) is 5.69 Å². The Morgan fingerprint density at radius 3 is 2.57 bits per heavy atom. The Balaban J connectivity index is 2.48. The van der Waals surface area contributed by atoms with Crippen molar-refractivity contribution in [2.75, 3.05) is 32.6 Å². The third-order valence-corrected chi connectivity index (χ3v) is 3.25. The Morgan fingerprint density at radius 2 is 1.95 bits per heavy atom. The fourth-order valence-corrected chi connectivity index (χ4v) is 2.08. The lowest BCUT2D eigenvalue weighted by Gasteiger charge is -2.22. The van der Waals surface area contributed by atoms with E-state index in [1.54, 1.807) is 44.4 Å². The lowest BCUT2D eigenvalue weighted by atomic mass is 10.1. The normalized spacial score (nSPS) is 10.4. The van der Waals surface area contributed by atoms with Crippen LogP contribution in [-0.2, 0) is 4.79 Å². The van der Waals surface area contributed by atoms with Crippen LogP contribution in [0.2, 0.25) is 0 Å². The van der Waals surface area contributed by atoms with Gasteiger partial charge >= 0.3 is 0 Å². The van der Waals surface area contributed by atoms with Gasteiger partial charge < -0.3 is 9.80 Å². The van der Waals surface area contributed by atoms with E-state index in [9.17, 15) is 14.9 Å².